The van der Waals surface area contributed by atoms with E-state index in [1.807, 2.05) is 12.1 Å². The van der Waals surface area contributed by atoms with Gasteiger partial charge in [-0.15, -0.1) is 0 Å². The van der Waals surface area contributed by atoms with Crippen molar-refractivity contribution >= 4 is 11.1 Å². The average Bonchev–Trinajstić information content (AvgIpc) is 3.30. The summed E-state index contributed by atoms with van der Waals surface area (Å²) in [5.74, 6) is 1.97. The molecule has 0 N–H and O–H groups in total. The van der Waals surface area contributed by atoms with E-state index in [4.69, 9.17) is 9.47 Å². The Hall–Kier alpha value is -3.16. The maximum Gasteiger partial charge on any atom is 0.127 e. The largest absolute Gasteiger partial charge is 1.00 e. The second kappa shape index (κ2) is 19.3. The van der Waals surface area contributed by atoms with Crippen molar-refractivity contribution in [3.05, 3.63) is 143 Å². The topological polar surface area (TPSA) is 18.5 Å². The molecule has 0 amide bonds. The molecule has 264 valence electrons. The number of quaternary nitrogens is 2. The van der Waals surface area contributed by atoms with E-state index in [9.17, 15) is 0 Å². The summed E-state index contributed by atoms with van der Waals surface area (Å²) in [7, 11) is 11.3. The fraction of sp³-hybridized carbons (Fsp3) is 0.349. The Kier molecular flexibility index (Phi) is 16.5. The second-order valence-corrected chi connectivity index (χ2v) is 14.1. The van der Waals surface area contributed by atoms with Gasteiger partial charge in [-0.25, -0.2) is 0 Å². The van der Waals surface area contributed by atoms with Crippen LogP contribution in [0.25, 0.3) is 11.1 Å². The van der Waals surface area contributed by atoms with E-state index in [0.717, 1.165) is 46.4 Å². The third kappa shape index (κ3) is 11.4. The lowest BCUT2D eigenvalue weighted by atomic mass is 9.93. The van der Waals surface area contributed by atoms with Crippen molar-refractivity contribution in [1.82, 2.24) is 0 Å². The van der Waals surface area contributed by atoms with E-state index in [0.29, 0.717) is 13.2 Å². The molecule has 0 saturated carbocycles. The predicted molar refractivity (Wildman–Crippen MR) is 200 cm³/mol. The summed E-state index contributed by atoms with van der Waals surface area (Å²) in [6, 6.07) is 33.9. The van der Waals surface area contributed by atoms with E-state index in [1.165, 1.54) is 57.5 Å². The molecule has 49 heavy (non-hydrogen) atoms. The standard InChI is InChI=1S/C22H28NO.C20H24NO.CH4.2BrH/c1-4-15-23(2,3)16-9-13-20-19-11-6-5-10-18(19)17-24-22-14-8-7-12-21(20)22;1-21(2,3)14-8-12-18-17-10-5-4-9-16(17)15-22-20-13-7-6-11-19(18)20;;;/h5-8,10-14H,4,9,15-17H2,1-3H3;4-7,9-13H,8,14-15H2,1-3H3;1H4;2*1H/q2*+1;;;/p-2/b20-13+;18-12+;;;. The van der Waals surface area contributed by atoms with Gasteiger partial charge in [0.2, 0.25) is 0 Å². The number of benzene rings is 4. The first-order chi connectivity index (χ1) is 22.1. The Morgan fingerprint density at radius 2 is 0.918 bits per heavy atom. The number of hydrogen-bond donors (Lipinski definition) is 0. The van der Waals surface area contributed by atoms with E-state index in [-0.39, 0.29) is 41.4 Å². The van der Waals surface area contributed by atoms with Crippen molar-refractivity contribution in [2.45, 2.75) is 46.8 Å². The van der Waals surface area contributed by atoms with Crippen molar-refractivity contribution in [2.75, 3.05) is 54.9 Å². The molecule has 0 unspecified atom stereocenters. The summed E-state index contributed by atoms with van der Waals surface area (Å²) in [6.07, 6.45) is 8.13. The molecule has 0 fully saturated rings. The first kappa shape index (κ1) is 42.0. The molecule has 6 heteroatoms. The highest BCUT2D eigenvalue weighted by molar-refractivity contribution is 5.85. The zero-order chi connectivity index (χ0) is 32.6. The number of para-hydroxylation sites is 2. The molecule has 4 nitrogen and oxygen atoms in total. The molecule has 0 radical (unpaired) electrons. The maximum atomic E-state index is 6.05. The highest BCUT2D eigenvalue weighted by Gasteiger charge is 2.20. The maximum absolute atomic E-state index is 6.05. The number of rotatable bonds is 8. The highest BCUT2D eigenvalue weighted by Crippen LogP contribution is 2.38. The van der Waals surface area contributed by atoms with Gasteiger partial charge in [0.05, 0.1) is 54.9 Å². The third-order valence-electron chi connectivity index (χ3n) is 8.80. The molecule has 4 aromatic carbocycles. The minimum Gasteiger partial charge on any atom is -1.00 e. The monoisotopic (exact) mass is 790 g/mol. The van der Waals surface area contributed by atoms with Gasteiger partial charge in [-0.1, -0.05) is 111 Å². The van der Waals surface area contributed by atoms with Crippen molar-refractivity contribution < 1.29 is 52.4 Å². The normalized spacial score (nSPS) is 14.6. The van der Waals surface area contributed by atoms with Gasteiger partial charge in [-0.3, -0.25) is 0 Å². The molecule has 2 heterocycles. The van der Waals surface area contributed by atoms with Crippen molar-refractivity contribution in [3.63, 3.8) is 0 Å². The predicted octanol–water partition coefficient (Wildman–Crippen LogP) is 3.64. The van der Waals surface area contributed by atoms with Crippen molar-refractivity contribution in [3.8, 4) is 11.5 Å². The summed E-state index contributed by atoms with van der Waals surface area (Å²) < 4.78 is 14.1. The van der Waals surface area contributed by atoms with E-state index >= 15 is 0 Å². The van der Waals surface area contributed by atoms with Crippen LogP contribution in [0.3, 0.4) is 0 Å². The van der Waals surface area contributed by atoms with Crippen molar-refractivity contribution in [2.24, 2.45) is 0 Å². The van der Waals surface area contributed by atoms with Crippen LogP contribution in [0, 0.1) is 0 Å². The van der Waals surface area contributed by atoms with Gasteiger partial charge in [0, 0.05) is 24.0 Å². The van der Waals surface area contributed by atoms with Crippen molar-refractivity contribution in [1.29, 1.82) is 0 Å². The fourth-order valence-corrected chi connectivity index (χ4v) is 6.36. The Labute approximate surface area is 317 Å². The number of ether oxygens (including phenoxy) is 2. The smallest absolute Gasteiger partial charge is 0.127 e. The van der Waals surface area contributed by atoms with Gasteiger partial charge in [0.1, 0.15) is 24.7 Å². The summed E-state index contributed by atoms with van der Waals surface area (Å²) in [6.45, 7) is 7.03. The minimum absolute atomic E-state index is 0. The molecule has 0 atom stereocenters. The SMILES string of the molecule is C.CCC[N+](C)(C)CC/C=C1\c2ccccc2COc2ccccc21.C[N+](C)(C)CC/C=C1\c2ccccc2COc2ccccc21.[Br-].[Br-]. The fourth-order valence-electron chi connectivity index (χ4n) is 6.36. The molecular weight excluding hydrogens is 736 g/mol. The highest BCUT2D eigenvalue weighted by atomic mass is 79.9. The molecular formula is C43H56Br2N2O2. The second-order valence-electron chi connectivity index (χ2n) is 14.1. The van der Waals surface area contributed by atoms with Crippen LogP contribution >= 0.6 is 0 Å². The van der Waals surface area contributed by atoms with Crippen LogP contribution in [-0.2, 0) is 13.2 Å². The zero-order valence-electron chi connectivity index (χ0n) is 29.5. The molecule has 6 rings (SSSR count). The molecule has 0 aliphatic carbocycles. The van der Waals surface area contributed by atoms with Crippen LogP contribution in [-0.4, -0.2) is 63.8 Å². The first-order valence-electron chi connectivity index (χ1n) is 16.8. The molecule has 0 saturated heterocycles. The zero-order valence-corrected chi connectivity index (χ0v) is 32.7. The Bertz CT molecular complexity index is 1590. The summed E-state index contributed by atoms with van der Waals surface area (Å²) in [5.41, 5.74) is 10.2. The lowest BCUT2D eigenvalue weighted by Crippen LogP contribution is -3.00. The quantitative estimate of drug-likeness (QED) is 0.254. The molecule has 4 aromatic rings. The lowest BCUT2D eigenvalue weighted by Gasteiger charge is -2.29. The van der Waals surface area contributed by atoms with Crippen LogP contribution < -0.4 is 43.4 Å². The minimum atomic E-state index is 0. The van der Waals surface area contributed by atoms with Crippen LogP contribution in [0.5, 0.6) is 11.5 Å². The number of nitrogens with zero attached hydrogens (tertiary/aromatic N) is 2. The van der Waals surface area contributed by atoms with Gasteiger partial charge < -0.3 is 52.4 Å². The number of fused-ring (bicyclic) bond motifs is 4. The van der Waals surface area contributed by atoms with Crippen LogP contribution in [0.4, 0.5) is 0 Å². The Morgan fingerprint density at radius 1 is 0.531 bits per heavy atom. The Balaban J connectivity index is 0.000000321. The first-order valence-corrected chi connectivity index (χ1v) is 16.8. The third-order valence-corrected chi connectivity index (χ3v) is 8.80. The molecule has 2 aliphatic rings. The number of hydrogen-bond acceptors (Lipinski definition) is 2. The summed E-state index contributed by atoms with van der Waals surface area (Å²) in [4.78, 5) is 0. The lowest BCUT2D eigenvalue weighted by molar-refractivity contribution is -0.889. The van der Waals surface area contributed by atoms with Crippen LogP contribution in [0.1, 0.15) is 67.0 Å². The Morgan fingerprint density at radius 3 is 1.35 bits per heavy atom. The van der Waals surface area contributed by atoms with Gasteiger partial charge in [-0.05, 0) is 52.0 Å². The molecule has 2 aliphatic heterocycles. The molecule has 0 bridgehead atoms. The average molecular weight is 793 g/mol. The molecule has 0 spiro atoms. The van der Waals surface area contributed by atoms with Gasteiger partial charge >= 0.3 is 0 Å². The van der Waals surface area contributed by atoms with E-state index in [2.05, 4.69) is 139 Å². The van der Waals surface area contributed by atoms with Gasteiger partial charge in [0.15, 0.2) is 0 Å². The van der Waals surface area contributed by atoms with Crippen LogP contribution in [0.15, 0.2) is 109 Å². The summed E-state index contributed by atoms with van der Waals surface area (Å²) in [5, 5.41) is 0. The van der Waals surface area contributed by atoms with Gasteiger partial charge in [0.25, 0.3) is 0 Å². The summed E-state index contributed by atoms with van der Waals surface area (Å²) >= 11 is 0. The van der Waals surface area contributed by atoms with E-state index < -0.39 is 0 Å². The van der Waals surface area contributed by atoms with Gasteiger partial charge in [-0.2, -0.15) is 0 Å². The van der Waals surface area contributed by atoms with Crippen LogP contribution in [0.2, 0.25) is 0 Å². The molecule has 0 aromatic heterocycles. The van der Waals surface area contributed by atoms with E-state index in [1.54, 1.807) is 0 Å². The number of halogens is 2.